The van der Waals surface area contributed by atoms with Crippen molar-refractivity contribution in [2.24, 2.45) is 0 Å². The maximum atomic E-state index is 10.3. The Balaban J connectivity index is 0. The summed E-state index contributed by atoms with van der Waals surface area (Å²) in [6.45, 7) is 5.33. The lowest BCUT2D eigenvalue weighted by Gasteiger charge is -2.08. The molecule has 2 atom stereocenters. The third-order valence-corrected chi connectivity index (χ3v) is 3.70. The topological polar surface area (TPSA) is 89.8 Å². The number of allylic oxidation sites excluding steroid dienone is 8. The van der Waals surface area contributed by atoms with Gasteiger partial charge in [-0.3, -0.25) is 10.1 Å². The van der Waals surface area contributed by atoms with Crippen LogP contribution >= 0.6 is 0 Å². The van der Waals surface area contributed by atoms with Crippen LogP contribution in [0.3, 0.4) is 0 Å². The smallest absolute Gasteiger partial charge is 0.303 e. The minimum absolute atomic E-state index is 0.262. The molecule has 5 heteroatoms. The number of carbonyl (C=O) groups is 1. The minimum atomic E-state index is -0.712. The molecular weight excluding hydrogens is 366 g/mol. The quantitative estimate of drug-likeness (QED) is 0.154. The molecule has 0 aromatic carbocycles. The van der Waals surface area contributed by atoms with Crippen molar-refractivity contribution in [2.45, 2.75) is 97.4 Å². The number of rotatable bonds is 16. The second-order valence-corrected chi connectivity index (χ2v) is 6.89. The van der Waals surface area contributed by atoms with Crippen molar-refractivity contribution < 1.29 is 20.1 Å². The van der Waals surface area contributed by atoms with E-state index in [0.717, 1.165) is 32.1 Å². The van der Waals surface area contributed by atoms with Crippen LogP contribution in [0.1, 0.15) is 85.0 Å². The second-order valence-electron chi connectivity index (χ2n) is 6.89. The molecule has 29 heavy (non-hydrogen) atoms. The molecule has 0 saturated heterocycles. The van der Waals surface area contributed by atoms with Gasteiger partial charge in [0.05, 0.1) is 0 Å². The Morgan fingerprint density at radius 3 is 1.52 bits per heavy atom. The van der Waals surface area contributed by atoms with Crippen molar-refractivity contribution in [3.8, 4) is 0 Å². The Kier molecular flexibility index (Phi) is 24.8. The van der Waals surface area contributed by atoms with Crippen LogP contribution < -0.4 is 5.32 Å². The Labute approximate surface area is 177 Å². The Hall–Kier alpha value is -1.69. The van der Waals surface area contributed by atoms with Gasteiger partial charge in [-0.05, 0) is 58.8 Å². The molecule has 0 aliphatic carbocycles. The zero-order valence-electron chi connectivity index (χ0n) is 18.6. The molecule has 2 unspecified atom stereocenters. The molecule has 0 heterocycles. The van der Waals surface area contributed by atoms with E-state index in [0.29, 0.717) is 0 Å². The van der Waals surface area contributed by atoms with Crippen LogP contribution in [-0.4, -0.2) is 33.7 Å². The van der Waals surface area contributed by atoms with E-state index in [1.165, 1.54) is 25.7 Å². The first-order chi connectivity index (χ1) is 13.9. The van der Waals surface area contributed by atoms with Crippen molar-refractivity contribution in [1.82, 2.24) is 5.32 Å². The van der Waals surface area contributed by atoms with E-state index < -0.39 is 18.4 Å². The van der Waals surface area contributed by atoms with E-state index >= 15 is 0 Å². The molecule has 0 spiro atoms. The number of aliphatic hydroxyl groups excluding tert-OH is 2. The van der Waals surface area contributed by atoms with Crippen LogP contribution in [0.2, 0.25) is 0 Å². The molecule has 0 aliphatic heterocycles. The molecule has 0 amide bonds. The fourth-order valence-electron chi connectivity index (χ4n) is 2.28. The summed E-state index contributed by atoms with van der Waals surface area (Å²) in [4.78, 5) is 10.3. The molecule has 4 N–H and O–H groups in total. The van der Waals surface area contributed by atoms with E-state index in [1.54, 1.807) is 13.8 Å². The SMILES string of the molecule is CC(O)NC(C)O.CCCCCC=CCC=CCC=CCC=CCCCC(=O)O. The van der Waals surface area contributed by atoms with Gasteiger partial charge in [0.25, 0.3) is 0 Å². The molecule has 0 fully saturated rings. The summed E-state index contributed by atoms with van der Waals surface area (Å²) in [5.74, 6) is -0.712. The first-order valence-electron chi connectivity index (χ1n) is 10.8. The standard InChI is InChI=1S/C20H32O2.C4H11NO2/c1-2-3-4-5-6-7-8-9-10-11-12-13-14-15-16-17-18-19-20(21)22;1-3(6)5-4(2)7/h6-7,9-10,12-13,15-16H,2-5,8,11,14,17-19H2,1H3,(H,21,22);3-7H,1-2H3. The monoisotopic (exact) mass is 409 g/mol. The van der Waals surface area contributed by atoms with E-state index in [-0.39, 0.29) is 6.42 Å². The van der Waals surface area contributed by atoms with Gasteiger partial charge in [-0.25, -0.2) is 0 Å². The maximum Gasteiger partial charge on any atom is 0.303 e. The molecule has 0 radical (unpaired) electrons. The fourth-order valence-corrected chi connectivity index (χ4v) is 2.28. The highest BCUT2D eigenvalue weighted by Gasteiger charge is 1.95. The van der Waals surface area contributed by atoms with Crippen molar-refractivity contribution in [3.05, 3.63) is 48.6 Å². The number of hydrogen-bond acceptors (Lipinski definition) is 4. The van der Waals surface area contributed by atoms with Crippen molar-refractivity contribution in [2.75, 3.05) is 0 Å². The molecule has 5 nitrogen and oxygen atoms in total. The van der Waals surface area contributed by atoms with Crippen LogP contribution in [0.5, 0.6) is 0 Å². The second kappa shape index (κ2) is 24.3. The molecular formula is C24H43NO4. The number of carboxylic acid groups (broad SMARTS) is 1. The minimum Gasteiger partial charge on any atom is -0.481 e. The first kappa shape index (κ1) is 29.5. The maximum absolute atomic E-state index is 10.3. The largest absolute Gasteiger partial charge is 0.481 e. The molecule has 0 rings (SSSR count). The Morgan fingerprint density at radius 1 is 0.759 bits per heavy atom. The number of hydrogen-bond donors (Lipinski definition) is 4. The van der Waals surface area contributed by atoms with Gasteiger partial charge in [-0.15, -0.1) is 0 Å². The van der Waals surface area contributed by atoms with Gasteiger partial charge in [0.2, 0.25) is 0 Å². The summed E-state index contributed by atoms with van der Waals surface area (Å²) in [5.41, 5.74) is 0. The zero-order chi connectivity index (χ0) is 22.2. The number of aliphatic hydroxyl groups is 2. The Bertz CT molecular complexity index is 460. The average Bonchev–Trinajstić information content (AvgIpc) is 2.63. The summed E-state index contributed by atoms with van der Waals surface area (Å²) in [6.07, 6.45) is 26.1. The van der Waals surface area contributed by atoms with E-state index in [1.807, 2.05) is 0 Å². The summed E-state index contributed by atoms with van der Waals surface area (Å²) in [6, 6.07) is 0. The van der Waals surface area contributed by atoms with Gasteiger partial charge in [0.15, 0.2) is 0 Å². The van der Waals surface area contributed by atoms with E-state index in [2.05, 4.69) is 60.8 Å². The fraction of sp³-hybridized carbons (Fsp3) is 0.625. The van der Waals surface area contributed by atoms with Gasteiger partial charge in [0.1, 0.15) is 12.5 Å². The number of nitrogens with one attached hydrogen (secondary N) is 1. The van der Waals surface area contributed by atoms with Gasteiger partial charge in [-0.1, -0.05) is 68.4 Å². The molecule has 168 valence electrons. The summed E-state index contributed by atoms with van der Waals surface area (Å²) in [5, 5.41) is 27.8. The van der Waals surface area contributed by atoms with Crippen LogP contribution in [0.15, 0.2) is 48.6 Å². The van der Waals surface area contributed by atoms with E-state index in [4.69, 9.17) is 15.3 Å². The molecule has 0 aliphatic rings. The summed E-state index contributed by atoms with van der Waals surface area (Å²) >= 11 is 0. The molecule has 0 saturated carbocycles. The normalized spacial score (nSPS) is 14.0. The highest BCUT2D eigenvalue weighted by molar-refractivity contribution is 5.66. The third-order valence-electron chi connectivity index (χ3n) is 3.70. The third kappa shape index (κ3) is 34.2. The number of aliphatic carboxylic acids is 1. The highest BCUT2D eigenvalue weighted by Crippen LogP contribution is 2.01. The van der Waals surface area contributed by atoms with Crippen molar-refractivity contribution >= 4 is 5.97 Å². The molecule has 0 aromatic heterocycles. The van der Waals surface area contributed by atoms with Gasteiger partial charge in [0, 0.05) is 6.42 Å². The summed E-state index contributed by atoms with van der Waals surface area (Å²) in [7, 11) is 0. The van der Waals surface area contributed by atoms with Crippen molar-refractivity contribution in [1.29, 1.82) is 0 Å². The number of carboxylic acids is 1. The van der Waals surface area contributed by atoms with Gasteiger partial charge < -0.3 is 15.3 Å². The first-order valence-corrected chi connectivity index (χ1v) is 10.8. The lowest BCUT2D eigenvalue weighted by atomic mass is 10.2. The van der Waals surface area contributed by atoms with E-state index in [9.17, 15) is 4.79 Å². The zero-order valence-corrected chi connectivity index (χ0v) is 18.6. The predicted octanol–water partition coefficient (Wildman–Crippen LogP) is 5.47. The van der Waals surface area contributed by atoms with Gasteiger partial charge in [-0.2, -0.15) is 0 Å². The predicted molar refractivity (Wildman–Crippen MR) is 123 cm³/mol. The highest BCUT2D eigenvalue weighted by atomic mass is 16.4. The van der Waals surface area contributed by atoms with Crippen molar-refractivity contribution in [3.63, 3.8) is 0 Å². The lowest BCUT2D eigenvalue weighted by Crippen LogP contribution is -2.33. The van der Waals surface area contributed by atoms with Crippen LogP contribution in [0, 0.1) is 0 Å². The Morgan fingerprint density at radius 2 is 1.17 bits per heavy atom. The molecule has 0 aromatic rings. The van der Waals surface area contributed by atoms with Crippen LogP contribution in [0.25, 0.3) is 0 Å². The van der Waals surface area contributed by atoms with Gasteiger partial charge >= 0.3 is 5.97 Å². The molecule has 0 bridgehead atoms. The summed E-state index contributed by atoms with van der Waals surface area (Å²) < 4.78 is 0. The number of unbranched alkanes of at least 4 members (excludes halogenated alkanes) is 4. The van der Waals surface area contributed by atoms with Crippen LogP contribution in [-0.2, 0) is 4.79 Å². The lowest BCUT2D eigenvalue weighted by molar-refractivity contribution is -0.137. The average molecular weight is 410 g/mol. The van der Waals surface area contributed by atoms with Crippen LogP contribution in [0.4, 0.5) is 0 Å².